The number of carbonyl (C=O) groups excluding carboxylic acids is 1. The lowest BCUT2D eigenvalue weighted by Crippen LogP contribution is -2.27. The predicted molar refractivity (Wildman–Crippen MR) is 128 cm³/mol. The lowest BCUT2D eigenvalue weighted by Gasteiger charge is -2.22. The zero-order valence-corrected chi connectivity index (χ0v) is 19.4. The largest absolute Gasteiger partial charge is 0.416 e. The Balaban J connectivity index is 1.48. The van der Waals surface area contributed by atoms with Crippen LogP contribution in [0.15, 0.2) is 60.9 Å². The Morgan fingerprint density at radius 3 is 2.49 bits per heavy atom. The van der Waals surface area contributed by atoms with Gasteiger partial charge in [0.15, 0.2) is 0 Å². The lowest BCUT2D eigenvalue weighted by molar-refractivity contribution is -0.137. The highest BCUT2D eigenvalue weighted by molar-refractivity contribution is 5.94. The highest BCUT2D eigenvalue weighted by atomic mass is 19.4. The van der Waals surface area contributed by atoms with Crippen molar-refractivity contribution in [1.82, 2.24) is 10.3 Å². The van der Waals surface area contributed by atoms with Crippen molar-refractivity contribution in [2.75, 3.05) is 13.2 Å². The van der Waals surface area contributed by atoms with Gasteiger partial charge in [-0.1, -0.05) is 30.3 Å². The van der Waals surface area contributed by atoms with Gasteiger partial charge in [0.1, 0.15) is 0 Å². The van der Waals surface area contributed by atoms with E-state index in [9.17, 15) is 18.0 Å². The molecule has 3 N–H and O–H groups in total. The van der Waals surface area contributed by atoms with E-state index in [0.29, 0.717) is 41.4 Å². The molecular weight excluding hydrogens is 455 g/mol. The molecule has 2 aromatic carbocycles. The van der Waals surface area contributed by atoms with Crippen molar-refractivity contribution < 1.29 is 22.7 Å². The fourth-order valence-electron chi connectivity index (χ4n) is 4.35. The Kier molecular flexibility index (Phi) is 7.52. The molecule has 1 aliphatic rings. The number of amides is 1. The number of hydrogen-bond acceptors (Lipinski definition) is 4. The van der Waals surface area contributed by atoms with E-state index in [-0.39, 0.29) is 18.5 Å². The fourth-order valence-corrected chi connectivity index (χ4v) is 4.35. The quantitative estimate of drug-likeness (QED) is 0.478. The Hall–Kier alpha value is -3.23. The molecule has 5 nitrogen and oxygen atoms in total. The van der Waals surface area contributed by atoms with Crippen LogP contribution in [0.3, 0.4) is 0 Å². The smallest absolute Gasteiger partial charge is 0.381 e. The molecule has 2 heterocycles. The summed E-state index contributed by atoms with van der Waals surface area (Å²) in [5.41, 5.74) is 9.10. The first kappa shape index (κ1) is 24.9. The second kappa shape index (κ2) is 10.6. The fraction of sp³-hybridized carbons (Fsp3) is 0.333. The number of halogens is 3. The molecule has 0 radical (unpaired) electrons. The van der Waals surface area contributed by atoms with Crippen LogP contribution in [0, 0.1) is 0 Å². The summed E-state index contributed by atoms with van der Waals surface area (Å²) in [6.45, 7) is 3.41. The Labute approximate surface area is 202 Å². The third kappa shape index (κ3) is 5.89. The molecule has 0 spiro atoms. The number of nitrogens with two attached hydrogens (primary N) is 1. The number of aromatic nitrogens is 1. The van der Waals surface area contributed by atoms with Crippen LogP contribution in [0.1, 0.15) is 64.3 Å². The maximum Gasteiger partial charge on any atom is 0.416 e. The van der Waals surface area contributed by atoms with Gasteiger partial charge in [0.05, 0.1) is 17.2 Å². The third-order valence-corrected chi connectivity index (χ3v) is 6.44. The van der Waals surface area contributed by atoms with Crippen molar-refractivity contribution in [3.63, 3.8) is 0 Å². The first-order chi connectivity index (χ1) is 16.8. The molecule has 8 heteroatoms. The maximum atomic E-state index is 13.2. The molecule has 1 saturated heterocycles. The zero-order chi connectivity index (χ0) is 25.0. The molecule has 0 unspecified atom stereocenters. The Morgan fingerprint density at radius 2 is 1.83 bits per heavy atom. The number of nitrogens with zero attached hydrogens (tertiary/aromatic N) is 1. The average molecular weight is 484 g/mol. The van der Waals surface area contributed by atoms with E-state index in [1.54, 1.807) is 36.7 Å². The highest BCUT2D eigenvalue weighted by Gasteiger charge is 2.31. The number of pyridine rings is 1. The summed E-state index contributed by atoms with van der Waals surface area (Å²) in [7, 11) is 0. The van der Waals surface area contributed by atoms with E-state index in [2.05, 4.69) is 10.3 Å². The van der Waals surface area contributed by atoms with E-state index in [4.69, 9.17) is 10.5 Å². The van der Waals surface area contributed by atoms with Crippen LogP contribution < -0.4 is 11.1 Å². The number of ether oxygens (including phenoxy) is 1. The maximum absolute atomic E-state index is 13.2. The summed E-state index contributed by atoms with van der Waals surface area (Å²) in [4.78, 5) is 17.1. The molecule has 35 heavy (non-hydrogen) atoms. The summed E-state index contributed by atoms with van der Waals surface area (Å²) in [6.07, 6.45) is 0.742. The number of nitrogens with one attached hydrogen (secondary N) is 1. The van der Waals surface area contributed by atoms with Crippen LogP contribution in [0.2, 0.25) is 0 Å². The monoisotopic (exact) mass is 483 g/mol. The molecular formula is C27H28F3N3O2. The van der Waals surface area contributed by atoms with Crippen LogP contribution in [-0.4, -0.2) is 24.1 Å². The number of alkyl halides is 3. The van der Waals surface area contributed by atoms with Crippen molar-refractivity contribution in [2.45, 2.75) is 44.4 Å². The SMILES string of the molecule is C[C@@H](NC(=O)c1cncc(C2CCOCC2)c1)c1ccc(-c2cc(C(F)(F)F)ccc2CN)cc1. The standard InChI is InChI=1S/C27H28F3N3O2/c1-17(33-26(34)23-12-22(15-32-16-23)19-8-10-35-11-9-19)18-2-4-20(5-3-18)25-13-24(27(28,29)30)7-6-21(25)14-31/h2-7,12-13,15-17,19H,8-11,14,31H2,1H3,(H,33,34)/t17-/m1/s1. The molecule has 1 fully saturated rings. The molecule has 1 aromatic heterocycles. The summed E-state index contributed by atoms with van der Waals surface area (Å²) in [5.74, 6) is 0.106. The Morgan fingerprint density at radius 1 is 1.11 bits per heavy atom. The van der Waals surface area contributed by atoms with Gasteiger partial charge in [0, 0.05) is 32.2 Å². The van der Waals surface area contributed by atoms with Crippen LogP contribution in [0.5, 0.6) is 0 Å². The first-order valence-electron chi connectivity index (χ1n) is 11.6. The van der Waals surface area contributed by atoms with Crippen molar-refractivity contribution in [2.24, 2.45) is 5.73 Å². The number of hydrogen-bond donors (Lipinski definition) is 2. The zero-order valence-electron chi connectivity index (χ0n) is 19.4. The molecule has 1 aliphatic heterocycles. The minimum atomic E-state index is -4.43. The van der Waals surface area contributed by atoms with Gasteiger partial charge in [0.2, 0.25) is 0 Å². The lowest BCUT2D eigenvalue weighted by atomic mass is 9.92. The van der Waals surface area contributed by atoms with Crippen molar-refractivity contribution >= 4 is 5.91 Å². The average Bonchev–Trinajstić information content (AvgIpc) is 2.88. The van der Waals surface area contributed by atoms with Crippen molar-refractivity contribution in [3.8, 4) is 11.1 Å². The molecule has 3 aromatic rings. The molecule has 1 atom stereocenters. The van der Waals surface area contributed by atoms with Crippen molar-refractivity contribution in [3.05, 3.63) is 88.7 Å². The molecule has 1 amide bonds. The van der Waals surface area contributed by atoms with E-state index in [0.717, 1.165) is 36.1 Å². The van der Waals surface area contributed by atoms with E-state index >= 15 is 0 Å². The summed E-state index contributed by atoms with van der Waals surface area (Å²) in [5, 5.41) is 2.98. The van der Waals surface area contributed by atoms with Crippen LogP contribution in [0.25, 0.3) is 11.1 Å². The van der Waals surface area contributed by atoms with E-state index in [1.807, 2.05) is 13.0 Å². The van der Waals surface area contributed by atoms with Gasteiger partial charge >= 0.3 is 6.18 Å². The predicted octanol–water partition coefficient (Wildman–Crippen LogP) is 5.61. The number of rotatable bonds is 6. The molecule has 0 bridgehead atoms. The second-order valence-electron chi connectivity index (χ2n) is 8.78. The van der Waals surface area contributed by atoms with Crippen molar-refractivity contribution in [1.29, 1.82) is 0 Å². The van der Waals surface area contributed by atoms with E-state index in [1.165, 1.54) is 6.07 Å². The molecule has 4 rings (SSSR count). The number of carbonyl (C=O) groups is 1. The molecule has 184 valence electrons. The first-order valence-corrected chi connectivity index (χ1v) is 11.6. The van der Waals surface area contributed by atoms with Gasteiger partial charge in [-0.25, -0.2) is 0 Å². The molecule has 0 saturated carbocycles. The summed E-state index contributed by atoms with van der Waals surface area (Å²) < 4.78 is 45.0. The summed E-state index contributed by atoms with van der Waals surface area (Å²) >= 11 is 0. The van der Waals surface area contributed by atoms with Gasteiger partial charge < -0.3 is 15.8 Å². The second-order valence-corrected chi connectivity index (χ2v) is 8.78. The highest BCUT2D eigenvalue weighted by Crippen LogP contribution is 2.34. The van der Waals surface area contributed by atoms with Gasteiger partial charge in [-0.15, -0.1) is 0 Å². The third-order valence-electron chi connectivity index (χ3n) is 6.44. The van der Waals surface area contributed by atoms with Crippen LogP contribution in [-0.2, 0) is 17.5 Å². The number of benzene rings is 2. The topological polar surface area (TPSA) is 77.2 Å². The normalized spacial score (nSPS) is 15.6. The van der Waals surface area contributed by atoms with Gasteiger partial charge in [-0.2, -0.15) is 13.2 Å². The van der Waals surface area contributed by atoms with Crippen LogP contribution in [0.4, 0.5) is 13.2 Å². The minimum Gasteiger partial charge on any atom is -0.381 e. The van der Waals surface area contributed by atoms with Gasteiger partial charge in [-0.3, -0.25) is 9.78 Å². The van der Waals surface area contributed by atoms with Gasteiger partial charge in [0.25, 0.3) is 5.91 Å². The van der Waals surface area contributed by atoms with Crippen LogP contribution >= 0.6 is 0 Å². The Bertz CT molecular complexity index is 1170. The van der Waals surface area contributed by atoms with E-state index < -0.39 is 11.7 Å². The van der Waals surface area contributed by atoms with Gasteiger partial charge in [-0.05, 0) is 71.7 Å². The summed E-state index contributed by atoms with van der Waals surface area (Å²) in [6, 6.07) is 12.3. The molecule has 0 aliphatic carbocycles. The minimum absolute atomic E-state index is 0.128.